The highest BCUT2D eigenvalue weighted by molar-refractivity contribution is 5.96. The molecule has 0 fully saturated rings. The van der Waals surface area contributed by atoms with Gasteiger partial charge in [-0.2, -0.15) is 0 Å². The van der Waals surface area contributed by atoms with Crippen LogP contribution in [0.1, 0.15) is 16.7 Å². The highest BCUT2D eigenvalue weighted by Crippen LogP contribution is 2.27. The monoisotopic (exact) mass is 352 g/mol. The Bertz CT molecular complexity index is 975. The van der Waals surface area contributed by atoms with Crippen LogP contribution >= 0.6 is 0 Å². The zero-order chi connectivity index (χ0) is 18.7. The smallest absolute Gasteiger partial charge is 0.255 e. The molecule has 0 unspecified atom stereocenters. The van der Waals surface area contributed by atoms with Gasteiger partial charge in [0.15, 0.2) is 6.61 Å². The Morgan fingerprint density at radius 2 is 2.00 bits per heavy atom. The third kappa shape index (κ3) is 3.85. The predicted octanol–water partition coefficient (Wildman–Crippen LogP) is 3.09. The van der Waals surface area contributed by atoms with E-state index in [0.717, 1.165) is 27.7 Å². The molecule has 6 nitrogen and oxygen atoms in total. The van der Waals surface area contributed by atoms with Crippen LogP contribution < -0.4 is 15.8 Å². The van der Waals surface area contributed by atoms with E-state index in [0.29, 0.717) is 11.4 Å². The van der Waals surface area contributed by atoms with Crippen molar-refractivity contribution in [3.8, 4) is 5.75 Å². The number of rotatable bonds is 6. The summed E-state index contributed by atoms with van der Waals surface area (Å²) in [6.07, 6.45) is 1.82. The molecule has 3 aromatic rings. The van der Waals surface area contributed by atoms with Gasteiger partial charge in [0.2, 0.25) is 5.91 Å². The zero-order valence-electron chi connectivity index (χ0n) is 14.7. The molecule has 2 amide bonds. The van der Waals surface area contributed by atoms with Gasteiger partial charge in [0.25, 0.3) is 5.91 Å². The molecular formula is C20H20N2O4. The Kier molecular flexibility index (Phi) is 4.93. The summed E-state index contributed by atoms with van der Waals surface area (Å²) in [6.45, 7) is 3.82. The fourth-order valence-corrected chi connectivity index (χ4v) is 2.72. The van der Waals surface area contributed by atoms with Crippen LogP contribution in [0.3, 0.4) is 0 Å². The topological polar surface area (TPSA) is 94.6 Å². The lowest BCUT2D eigenvalue weighted by Crippen LogP contribution is -2.20. The Balaban J connectivity index is 1.71. The lowest BCUT2D eigenvalue weighted by atomic mass is 10.0. The average molecular weight is 352 g/mol. The molecule has 0 aliphatic carbocycles. The molecule has 0 saturated carbocycles. The van der Waals surface area contributed by atoms with Gasteiger partial charge in [0.1, 0.15) is 11.3 Å². The molecule has 0 spiro atoms. The first-order chi connectivity index (χ1) is 12.4. The van der Waals surface area contributed by atoms with E-state index in [1.807, 2.05) is 26.0 Å². The standard InChI is InChI=1S/C20H20N2O4/c1-12-6-7-17-14(10-26-20(17)13(12)2)8-19(24)22-15-4-3-5-16(9-15)25-11-18(21)23/h3-7,9-10H,8,11H2,1-2H3,(H2,21,23)(H,22,24). The van der Waals surface area contributed by atoms with Crippen molar-refractivity contribution in [1.82, 2.24) is 0 Å². The average Bonchev–Trinajstić information content (AvgIpc) is 3.00. The largest absolute Gasteiger partial charge is 0.484 e. The summed E-state index contributed by atoms with van der Waals surface area (Å²) in [5.74, 6) is -0.267. The van der Waals surface area contributed by atoms with E-state index < -0.39 is 5.91 Å². The van der Waals surface area contributed by atoms with Crippen molar-refractivity contribution in [3.05, 3.63) is 59.4 Å². The number of nitrogens with two attached hydrogens (primary N) is 1. The second-order valence-electron chi connectivity index (χ2n) is 6.15. The normalized spacial score (nSPS) is 10.7. The quantitative estimate of drug-likeness (QED) is 0.713. The minimum Gasteiger partial charge on any atom is -0.484 e. The number of hydrogen-bond acceptors (Lipinski definition) is 4. The van der Waals surface area contributed by atoms with Crippen LogP contribution in [-0.4, -0.2) is 18.4 Å². The Hall–Kier alpha value is -3.28. The number of aryl methyl sites for hydroxylation is 2. The maximum absolute atomic E-state index is 12.4. The number of anilines is 1. The SMILES string of the molecule is Cc1ccc2c(CC(=O)Nc3cccc(OCC(N)=O)c3)coc2c1C. The van der Waals surface area contributed by atoms with E-state index in [1.54, 1.807) is 30.5 Å². The molecule has 0 saturated heterocycles. The van der Waals surface area contributed by atoms with Crippen LogP contribution in [0, 0.1) is 13.8 Å². The maximum atomic E-state index is 12.4. The van der Waals surface area contributed by atoms with E-state index in [-0.39, 0.29) is 18.9 Å². The first-order valence-corrected chi connectivity index (χ1v) is 8.21. The number of hydrogen-bond donors (Lipinski definition) is 2. The zero-order valence-corrected chi connectivity index (χ0v) is 14.7. The maximum Gasteiger partial charge on any atom is 0.255 e. The van der Waals surface area contributed by atoms with Crippen LogP contribution in [0.5, 0.6) is 5.75 Å². The molecule has 3 rings (SSSR count). The van der Waals surface area contributed by atoms with Gasteiger partial charge in [-0.1, -0.05) is 18.2 Å². The summed E-state index contributed by atoms with van der Waals surface area (Å²) in [5.41, 5.74) is 9.51. The summed E-state index contributed by atoms with van der Waals surface area (Å²) < 4.78 is 10.9. The molecule has 0 aliphatic heterocycles. The number of nitrogens with one attached hydrogen (secondary N) is 1. The van der Waals surface area contributed by atoms with E-state index >= 15 is 0 Å². The van der Waals surface area contributed by atoms with Crippen LogP contribution in [0.2, 0.25) is 0 Å². The second kappa shape index (κ2) is 7.31. The van der Waals surface area contributed by atoms with Crippen molar-refractivity contribution in [2.45, 2.75) is 20.3 Å². The summed E-state index contributed by atoms with van der Waals surface area (Å²) in [4.78, 5) is 23.2. The van der Waals surface area contributed by atoms with Crippen LogP contribution in [0.15, 0.2) is 47.1 Å². The van der Waals surface area contributed by atoms with Crippen molar-refractivity contribution in [2.75, 3.05) is 11.9 Å². The number of fused-ring (bicyclic) bond motifs is 1. The van der Waals surface area contributed by atoms with Crippen molar-refractivity contribution in [2.24, 2.45) is 5.73 Å². The molecule has 6 heteroatoms. The lowest BCUT2D eigenvalue weighted by molar-refractivity contribution is -0.120. The summed E-state index contributed by atoms with van der Waals surface area (Å²) in [7, 11) is 0. The number of amides is 2. The Labute approximate surface area is 150 Å². The van der Waals surface area contributed by atoms with Gasteiger partial charge >= 0.3 is 0 Å². The summed E-state index contributed by atoms with van der Waals surface area (Å²) in [5, 5.41) is 3.77. The van der Waals surface area contributed by atoms with Crippen molar-refractivity contribution < 1.29 is 18.7 Å². The third-order valence-electron chi connectivity index (χ3n) is 4.19. The number of carbonyl (C=O) groups is 2. The van der Waals surface area contributed by atoms with Crippen molar-refractivity contribution in [3.63, 3.8) is 0 Å². The van der Waals surface area contributed by atoms with Gasteiger partial charge in [0, 0.05) is 22.7 Å². The summed E-state index contributed by atoms with van der Waals surface area (Å²) in [6, 6.07) is 10.8. The lowest BCUT2D eigenvalue weighted by Gasteiger charge is -2.08. The Morgan fingerprint density at radius 1 is 1.19 bits per heavy atom. The molecule has 1 heterocycles. The molecule has 0 aliphatic rings. The van der Waals surface area contributed by atoms with Crippen LogP contribution in [0.4, 0.5) is 5.69 Å². The van der Waals surface area contributed by atoms with E-state index in [1.165, 1.54) is 0 Å². The van der Waals surface area contributed by atoms with E-state index in [4.69, 9.17) is 14.9 Å². The molecule has 134 valence electrons. The number of carbonyl (C=O) groups excluding carboxylic acids is 2. The molecule has 26 heavy (non-hydrogen) atoms. The van der Waals surface area contributed by atoms with Gasteiger partial charge in [-0.25, -0.2) is 0 Å². The Morgan fingerprint density at radius 3 is 2.77 bits per heavy atom. The van der Waals surface area contributed by atoms with Gasteiger partial charge in [-0.05, 0) is 37.1 Å². The highest BCUT2D eigenvalue weighted by atomic mass is 16.5. The molecule has 0 atom stereocenters. The molecular weight excluding hydrogens is 332 g/mol. The fraction of sp³-hybridized carbons (Fsp3) is 0.200. The van der Waals surface area contributed by atoms with Crippen LogP contribution in [-0.2, 0) is 16.0 Å². The third-order valence-corrected chi connectivity index (χ3v) is 4.19. The van der Waals surface area contributed by atoms with E-state index in [9.17, 15) is 9.59 Å². The van der Waals surface area contributed by atoms with Crippen LogP contribution in [0.25, 0.3) is 11.0 Å². The first-order valence-electron chi connectivity index (χ1n) is 8.21. The molecule has 1 aromatic heterocycles. The second-order valence-corrected chi connectivity index (χ2v) is 6.15. The van der Waals surface area contributed by atoms with Gasteiger partial charge in [-0.15, -0.1) is 0 Å². The number of benzene rings is 2. The predicted molar refractivity (Wildman–Crippen MR) is 99.2 cm³/mol. The van der Waals surface area contributed by atoms with Crippen molar-refractivity contribution >= 4 is 28.5 Å². The fourth-order valence-electron chi connectivity index (χ4n) is 2.72. The van der Waals surface area contributed by atoms with E-state index in [2.05, 4.69) is 5.32 Å². The minimum absolute atomic E-state index is 0.169. The molecule has 0 radical (unpaired) electrons. The number of ether oxygens (including phenoxy) is 1. The molecule has 2 aromatic carbocycles. The van der Waals surface area contributed by atoms with Crippen molar-refractivity contribution in [1.29, 1.82) is 0 Å². The molecule has 0 bridgehead atoms. The van der Waals surface area contributed by atoms with Gasteiger partial charge < -0.3 is 20.2 Å². The number of furan rings is 1. The summed E-state index contributed by atoms with van der Waals surface area (Å²) >= 11 is 0. The van der Waals surface area contributed by atoms with Gasteiger partial charge in [-0.3, -0.25) is 9.59 Å². The van der Waals surface area contributed by atoms with Gasteiger partial charge in [0.05, 0.1) is 12.7 Å². The minimum atomic E-state index is -0.559. The molecule has 3 N–H and O–H groups in total. The number of primary amides is 1. The first kappa shape index (κ1) is 17.5. The highest BCUT2D eigenvalue weighted by Gasteiger charge is 2.13.